The Bertz CT molecular complexity index is 6320. The van der Waals surface area contributed by atoms with Crippen LogP contribution in [0.1, 0.15) is 15.9 Å². The number of hydrogen-bond acceptors (Lipinski definition) is 23. The first-order valence-corrected chi connectivity index (χ1v) is 38.5. The van der Waals surface area contributed by atoms with Gasteiger partial charge in [0.25, 0.3) is 80.9 Å². The number of ketones is 1. The molecule has 10 aromatic carbocycles. The molecule has 0 saturated carbocycles. The smallest absolute Gasteiger partial charge is 0.296 e. The lowest BCUT2D eigenvalue weighted by Gasteiger charge is -2.39. The van der Waals surface area contributed by atoms with E-state index < -0.39 is 211 Å². The van der Waals surface area contributed by atoms with Gasteiger partial charge in [-0.1, -0.05) is 30.3 Å². The molecule has 10 N–H and O–H groups in total. The number of carbonyl (C=O) groups excluding carboxylic acids is 5. The lowest BCUT2D eigenvalue weighted by atomic mass is 9.89. The van der Waals surface area contributed by atoms with Gasteiger partial charge in [-0.2, -0.15) is 67.3 Å². The van der Waals surface area contributed by atoms with E-state index in [4.69, 9.17) is 0 Å². The normalized spacial score (nSPS) is 13.2. The van der Waals surface area contributed by atoms with Crippen molar-refractivity contribution in [2.45, 2.75) is 39.2 Å². The number of benzene rings is 10. The summed E-state index contributed by atoms with van der Waals surface area (Å²) in [7, 11) is -42.9. The van der Waals surface area contributed by atoms with Crippen LogP contribution in [0.25, 0.3) is 43.1 Å². The first-order chi connectivity index (χ1) is 46.4. The first kappa shape index (κ1) is 69.6. The van der Waals surface area contributed by atoms with Gasteiger partial charge in [0, 0.05) is 5.39 Å². The van der Waals surface area contributed by atoms with Crippen LogP contribution in [0.3, 0.4) is 0 Å². The molecule has 4 aliphatic rings. The highest BCUT2D eigenvalue weighted by molar-refractivity contribution is 7.87. The number of rotatable bonds is 22. The highest BCUT2D eigenvalue weighted by Crippen LogP contribution is 2.61. The molecular formula is C57H36N6O29S8. The fourth-order valence-corrected chi connectivity index (χ4v) is 16.3. The van der Waals surface area contributed by atoms with Crippen molar-refractivity contribution in [3.63, 3.8) is 0 Å². The minimum absolute atomic E-state index is 0.142. The van der Waals surface area contributed by atoms with Gasteiger partial charge >= 0.3 is 0 Å². The lowest BCUT2D eigenvalue weighted by molar-refractivity contribution is -0.107. The van der Waals surface area contributed by atoms with Crippen LogP contribution >= 0.6 is 0 Å². The molecule has 0 saturated heterocycles. The SMILES string of the molecule is O=CN(c1cc2ccc(S(=O)(=O)O)cc2cc1S(=O)(=O)O)c1cc(C(=O)c2cc(N(C=O)c3c(S(=O)(=O)O)ccc4ccc(S(=O)(=O)O)cc34)c3c(N(C=O)c4cc5ccc(S(=O)(=O)O)cc5cc4S(=O)(=O)O)c2N3)c2c(N(C=O)c3cc4ccc(S(=O)(=O)O)cc4cc3S(=O)(=O)O)c1N2. The molecule has 4 aliphatic heterocycles. The zero-order valence-electron chi connectivity index (χ0n) is 48.7. The van der Waals surface area contributed by atoms with E-state index >= 15 is 4.79 Å². The maximum atomic E-state index is 16.3. The molecule has 43 heteroatoms. The van der Waals surface area contributed by atoms with E-state index in [1.807, 2.05) is 0 Å². The largest absolute Gasteiger partial charge is 0.350 e. The van der Waals surface area contributed by atoms with Gasteiger partial charge in [-0.05, 0) is 141 Å². The van der Waals surface area contributed by atoms with Crippen molar-refractivity contribution in [3.8, 4) is 0 Å². The minimum atomic E-state index is -5.66. The molecular weight excluding hydrogens is 1490 g/mol. The van der Waals surface area contributed by atoms with Crippen LogP contribution in [0, 0.1) is 0 Å². The molecule has 14 rings (SSSR count). The molecule has 4 heterocycles. The fraction of sp³-hybridized carbons (Fsp3) is 0. The van der Waals surface area contributed by atoms with Gasteiger partial charge in [-0.3, -0.25) is 80.0 Å². The van der Waals surface area contributed by atoms with E-state index in [0.717, 1.165) is 103 Å². The molecule has 0 aliphatic carbocycles. The van der Waals surface area contributed by atoms with Gasteiger partial charge in [0.05, 0.1) is 99.0 Å². The summed E-state index contributed by atoms with van der Waals surface area (Å²) in [6.07, 6.45) is -0.648. The second-order valence-corrected chi connectivity index (χ2v) is 32.9. The molecule has 516 valence electrons. The molecule has 0 atom stereocenters. The van der Waals surface area contributed by atoms with Crippen molar-refractivity contribution >= 4 is 224 Å². The summed E-state index contributed by atoms with van der Waals surface area (Å²) < 4.78 is 289. The third-order valence-corrected chi connectivity index (χ3v) is 22.8. The summed E-state index contributed by atoms with van der Waals surface area (Å²) in [5.41, 5.74) is -11.0. The van der Waals surface area contributed by atoms with Crippen LogP contribution in [0.5, 0.6) is 0 Å². The highest BCUT2D eigenvalue weighted by atomic mass is 32.2. The van der Waals surface area contributed by atoms with Crippen LogP contribution in [-0.4, -0.2) is 135 Å². The Morgan fingerprint density at radius 3 is 0.890 bits per heavy atom. The zero-order chi connectivity index (χ0) is 73.0. The Morgan fingerprint density at radius 2 is 0.570 bits per heavy atom. The Kier molecular flexibility index (Phi) is 16.3. The average Bonchev–Trinajstić information content (AvgIpc) is 0.701. The number of fused-ring (bicyclic) bond motifs is 8. The quantitative estimate of drug-likeness (QED) is 0.0189. The highest BCUT2D eigenvalue weighted by Gasteiger charge is 2.43. The number of nitrogens with zero attached hydrogens (tertiary/aromatic N) is 4. The molecule has 0 unspecified atom stereocenters. The maximum Gasteiger partial charge on any atom is 0.296 e. The molecule has 0 fully saturated rings. The van der Waals surface area contributed by atoms with Crippen LogP contribution < -0.4 is 30.2 Å². The van der Waals surface area contributed by atoms with E-state index in [1.54, 1.807) is 0 Å². The average molecular weight is 1530 g/mol. The van der Waals surface area contributed by atoms with Gasteiger partial charge in [-0.15, -0.1) is 0 Å². The summed E-state index contributed by atoms with van der Waals surface area (Å²) in [6.45, 7) is 0. The second-order valence-electron chi connectivity index (χ2n) is 21.6. The molecule has 0 aromatic heterocycles. The molecule has 4 bridgehead atoms. The van der Waals surface area contributed by atoms with Crippen molar-refractivity contribution < 1.29 is 128 Å². The summed E-state index contributed by atoms with van der Waals surface area (Å²) in [5.74, 6) is -1.52. The number of amides is 4. The van der Waals surface area contributed by atoms with Gasteiger partial charge < -0.3 is 10.6 Å². The Labute approximate surface area is 561 Å². The molecule has 100 heavy (non-hydrogen) atoms. The number of carbonyl (C=O) groups is 5. The monoisotopic (exact) mass is 1520 g/mol. The predicted octanol–water partition coefficient (Wildman–Crippen LogP) is 6.80. The van der Waals surface area contributed by atoms with E-state index in [9.17, 15) is 123 Å². The van der Waals surface area contributed by atoms with Crippen molar-refractivity contribution in [1.29, 1.82) is 0 Å². The topological polar surface area (TPSA) is 557 Å². The zero-order valence-corrected chi connectivity index (χ0v) is 55.2. The molecule has 10 aromatic rings. The molecule has 0 radical (unpaired) electrons. The van der Waals surface area contributed by atoms with Crippen molar-refractivity contribution in [2.75, 3.05) is 30.2 Å². The molecule has 0 spiro atoms. The van der Waals surface area contributed by atoms with Gasteiger partial charge in [0.1, 0.15) is 19.6 Å². The number of hydrogen-bond donors (Lipinski definition) is 10. The second kappa shape index (κ2) is 23.4. The van der Waals surface area contributed by atoms with Gasteiger partial charge in [-0.25, -0.2) is 0 Å². The molecule has 4 amide bonds. The van der Waals surface area contributed by atoms with E-state index in [-0.39, 0.29) is 63.3 Å². The van der Waals surface area contributed by atoms with Crippen LogP contribution in [0.2, 0.25) is 0 Å². The summed E-state index contributed by atoms with van der Waals surface area (Å²) >= 11 is 0. The standard InChI is InChI=1S/C57H36N6O29S8/c64-23-60(41-14-28-2-7-34(93(69,70)71)11-31(28)17-47(41)98(84,85)86)44-21-39(50-55(52(44)58-50)61(24-65)42-15-29-3-8-35(94(72,73)74)12-32(29)18-48(42)99(87,88)89)57(68)40-22-45(63(26-67)54-38-20-37(96(78,79)80)6-1-27(38)5-10-46(54)97(81,82)83)53-56(51(40)59-53)62(25-66)43-16-30-4-9-36(95(75,76)77)13-33(30)19-49(43)100(90,91)92/h1-26,58-59H,(H,69,70,71)(H,72,73,74)(H,75,76,77)(H,78,79,80)(H,81,82,83)(H,84,85,86)(H,87,88,89)(H,90,91,92). The number of nitrogens with one attached hydrogen (secondary N) is 2. The van der Waals surface area contributed by atoms with Gasteiger partial charge in [0.2, 0.25) is 25.6 Å². The third-order valence-electron chi connectivity index (χ3n) is 15.9. The predicted molar refractivity (Wildman–Crippen MR) is 350 cm³/mol. The van der Waals surface area contributed by atoms with E-state index in [2.05, 4.69) is 10.6 Å². The maximum absolute atomic E-state index is 16.3. The lowest BCUT2D eigenvalue weighted by Crippen LogP contribution is -2.30. The van der Waals surface area contributed by atoms with Crippen molar-refractivity contribution in [1.82, 2.24) is 0 Å². The first-order valence-electron chi connectivity index (χ1n) is 27.0. The summed E-state index contributed by atoms with van der Waals surface area (Å²) in [6, 6.07) is 17.9. The Balaban J connectivity index is 1.19. The van der Waals surface area contributed by atoms with Crippen molar-refractivity contribution in [3.05, 3.63) is 145 Å². The minimum Gasteiger partial charge on any atom is -0.350 e. The van der Waals surface area contributed by atoms with E-state index in [1.165, 1.54) is 0 Å². The fourth-order valence-electron chi connectivity index (χ4n) is 11.5. The van der Waals surface area contributed by atoms with Crippen LogP contribution in [-0.2, 0) is 100 Å². The van der Waals surface area contributed by atoms with Crippen LogP contribution in [0.15, 0.2) is 173 Å². The Hall–Kier alpha value is -10.3. The summed E-state index contributed by atoms with van der Waals surface area (Å²) in [4.78, 5) is 65.3. The number of anilines is 12. The van der Waals surface area contributed by atoms with Crippen molar-refractivity contribution in [2.24, 2.45) is 0 Å². The molecule has 35 nitrogen and oxygen atoms in total. The Morgan fingerprint density at radius 1 is 0.280 bits per heavy atom. The third kappa shape index (κ3) is 12.0. The van der Waals surface area contributed by atoms with E-state index in [0.29, 0.717) is 49.9 Å². The summed E-state index contributed by atoms with van der Waals surface area (Å²) in [5, 5.41) is 3.06. The van der Waals surface area contributed by atoms with Crippen LogP contribution in [0.4, 0.5) is 68.2 Å². The van der Waals surface area contributed by atoms with Gasteiger partial charge in [0.15, 0.2) is 5.78 Å².